The zero-order chi connectivity index (χ0) is 12.3. The van der Waals surface area contributed by atoms with Crippen molar-refractivity contribution in [1.82, 2.24) is 9.97 Å². The van der Waals surface area contributed by atoms with Gasteiger partial charge in [-0.2, -0.15) is 4.98 Å². The molecule has 0 fully saturated rings. The highest BCUT2D eigenvalue weighted by molar-refractivity contribution is 5.70. The Balaban J connectivity index is 2.55. The van der Waals surface area contributed by atoms with Crippen molar-refractivity contribution >= 4 is 11.8 Å². The van der Waals surface area contributed by atoms with Gasteiger partial charge in [0, 0.05) is 18.7 Å². The van der Waals surface area contributed by atoms with Gasteiger partial charge in [-0.25, -0.2) is 4.98 Å². The van der Waals surface area contributed by atoms with Crippen molar-refractivity contribution < 1.29 is 4.74 Å². The molecule has 0 spiro atoms. The number of rotatable bonds is 3. The molecule has 0 aliphatic heterocycles. The topological polar surface area (TPSA) is 73.1 Å². The largest absolute Gasteiger partial charge is 0.496 e. The van der Waals surface area contributed by atoms with Gasteiger partial charge < -0.3 is 15.8 Å². The monoisotopic (exact) mass is 230 g/mol. The number of anilines is 2. The van der Waals surface area contributed by atoms with E-state index >= 15 is 0 Å². The lowest BCUT2D eigenvalue weighted by molar-refractivity contribution is 0.416. The lowest BCUT2D eigenvalue weighted by Gasteiger charge is -2.09. The van der Waals surface area contributed by atoms with Crippen LogP contribution in [0.2, 0.25) is 0 Å². The fourth-order valence-electron chi connectivity index (χ4n) is 1.59. The lowest BCUT2D eigenvalue weighted by Crippen LogP contribution is -2.01. The highest BCUT2D eigenvalue weighted by atomic mass is 16.5. The first-order valence-electron chi connectivity index (χ1n) is 5.20. The second-order valence-corrected chi connectivity index (χ2v) is 3.45. The van der Waals surface area contributed by atoms with Crippen LogP contribution >= 0.6 is 0 Å². The molecule has 0 aliphatic carbocycles. The van der Waals surface area contributed by atoms with Crippen LogP contribution < -0.4 is 15.8 Å². The van der Waals surface area contributed by atoms with Crippen LogP contribution in [0, 0.1) is 0 Å². The number of nitrogen functional groups attached to an aromatic ring is 1. The summed E-state index contributed by atoms with van der Waals surface area (Å²) in [5.41, 5.74) is 7.29. The Labute approximate surface area is 99.7 Å². The van der Waals surface area contributed by atoms with E-state index in [4.69, 9.17) is 10.5 Å². The van der Waals surface area contributed by atoms with Gasteiger partial charge in [-0.1, -0.05) is 12.1 Å². The van der Waals surface area contributed by atoms with Gasteiger partial charge in [-0.05, 0) is 12.1 Å². The average Bonchev–Trinajstić information content (AvgIpc) is 2.37. The molecule has 0 bridgehead atoms. The molecule has 1 aromatic carbocycles. The van der Waals surface area contributed by atoms with Crippen molar-refractivity contribution in [3.8, 4) is 17.0 Å². The van der Waals surface area contributed by atoms with Crippen molar-refractivity contribution in [1.29, 1.82) is 0 Å². The SMILES string of the molecule is CNc1cc(-c2ccccc2OC)nc(N)n1. The highest BCUT2D eigenvalue weighted by Gasteiger charge is 2.08. The van der Waals surface area contributed by atoms with Crippen LogP contribution in [0.5, 0.6) is 5.75 Å². The van der Waals surface area contributed by atoms with E-state index in [1.54, 1.807) is 14.2 Å². The molecule has 0 saturated heterocycles. The molecule has 17 heavy (non-hydrogen) atoms. The number of hydrogen-bond acceptors (Lipinski definition) is 5. The van der Waals surface area contributed by atoms with Gasteiger partial charge in [-0.3, -0.25) is 0 Å². The maximum Gasteiger partial charge on any atom is 0.222 e. The summed E-state index contributed by atoms with van der Waals surface area (Å²) in [5, 5.41) is 2.94. The molecule has 3 N–H and O–H groups in total. The Morgan fingerprint density at radius 3 is 2.71 bits per heavy atom. The van der Waals surface area contributed by atoms with Crippen LogP contribution in [-0.4, -0.2) is 24.1 Å². The Bertz CT molecular complexity index is 528. The van der Waals surface area contributed by atoms with Crippen molar-refractivity contribution in [2.24, 2.45) is 0 Å². The standard InChI is InChI=1S/C12H14N4O/c1-14-11-7-9(15-12(13)16-11)8-5-3-4-6-10(8)17-2/h3-7H,1-2H3,(H3,13,14,15,16). The summed E-state index contributed by atoms with van der Waals surface area (Å²) in [4.78, 5) is 8.26. The van der Waals surface area contributed by atoms with E-state index < -0.39 is 0 Å². The summed E-state index contributed by atoms with van der Waals surface area (Å²) in [7, 11) is 3.41. The Kier molecular flexibility index (Phi) is 3.09. The zero-order valence-electron chi connectivity index (χ0n) is 9.77. The van der Waals surface area contributed by atoms with Gasteiger partial charge in [0.25, 0.3) is 0 Å². The van der Waals surface area contributed by atoms with Crippen molar-refractivity contribution in [2.45, 2.75) is 0 Å². The predicted octanol–water partition coefficient (Wildman–Crippen LogP) is 1.78. The van der Waals surface area contributed by atoms with Gasteiger partial charge in [0.2, 0.25) is 5.95 Å². The van der Waals surface area contributed by atoms with Gasteiger partial charge >= 0.3 is 0 Å². The summed E-state index contributed by atoms with van der Waals surface area (Å²) in [6.45, 7) is 0. The molecular weight excluding hydrogens is 216 g/mol. The third-order valence-electron chi connectivity index (χ3n) is 2.38. The minimum Gasteiger partial charge on any atom is -0.496 e. The fourth-order valence-corrected chi connectivity index (χ4v) is 1.59. The van der Waals surface area contributed by atoms with Crippen LogP contribution in [0.3, 0.4) is 0 Å². The molecule has 5 nitrogen and oxygen atoms in total. The molecule has 88 valence electrons. The molecule has 0 aliphatic rings. The highest BCUT2D eigenvalue weighted by Crippen LogP contribution is 2.29. The Morgan fingerprint density at radius 2 is 2.00 bits per heavy atom. The van der Waals surface area contributed by atoms with Crippen LogP contribution in [0.15, 0.2) is 30.3 Å². The minimum atomic E-state index is 0.234. The number of nitrogens with two attached hydrogens (primary N) is 1. The van der Waals surface area contributed by atoms with E-state index in [1.807, 2.05) is 30.3 Å². The van der Waals surface area contributed by atoms with Crippen molar-refractivity contribution in [3.63, 3.8) is 0 Å². The number of benzene rings is 1. The third-order valence-corrected chi connectivity index (χ3v) is 2.38. The lowest BCUT2D eigenvalue weighted by atomic mass is 10.1. The number of nitrogens with one attached hydrogen (secondary N) is 1. The van der Waals surface area contributed by atoms with Gasteiger partial charge in [0.05, 0.1) is 12.8 Å². The quantitative estimate of drug-likeness (QED) is 0.840. The number of nitrogens with zero attached hydrogens (tertiary/aromatic N) is 2. The number of ether oxygens (including phenoxy) is 1. The molecule has 2 rings (SSSR count). The fraction of sp³-hybridized carbons (Fsp3) is 0.167. The maximum atomic E-state index is 5.66. The predicted molar refractivity (Wildman–Crippen MR) is 68.0 cm³/mol. The second kappa shape index (κ2) is 4.69. The normalized spacial score (nSPS) is 10.0. The Hall–Kier alpha value is -2.30. The first-order valence-corrected chi connectivity index (χ1v) is 5.20. The van der Waals surface area contributed by atoms with Gasteiger partial charge in [-0.15, -0.1) is 0 Å². The van der Waals surface area contributed by atoms with Crippen LogP contribution in [0.4, 0.5) is 11.8 Å². The van der Waals surface area contributed by atoms with E-state index in [9.17, 15) is 0 Å². The van der Waals surface area contributed by atoms with Crippen molar-refractivity contribution in [3.05, 3.63) is 30.3 Å². The number of hydrogen-bond donors (Lipinski definition) is 2. The molecule has 1 heterocycles. The van der Waals surface area contributed by atoms with Crippen LogP contribution in [0.25, 0.3) is 11.3 Å². The van der Waals surface area contributed by atoms with Crippen LogP contribution in [-0.2, 0) is 0 Å². The van der Waals surface area contributed by atoms with Crippen LogP contribution in [0.1, 0.15) is 0 Å². The van der Waals surface area contributed by atoms with E-state index in [1.165, 1.54) is 0 Å². The first kappa shape index (κ1) is 11.2. The summed E-state index contributed by atoms with van der Waals surface area (Å²) in [6, 6.07) is 9.47. The van der Waals surface area contributed by atoms with Gasteiger partial charge in [0.1, 0.15) is 11.6 Å². The van der Waals surface area contributed by atoms with E-state index in [2.05, 4.69) is 15.3 Å². The van der Waals surface area contributed by atoms with Crippen molar-refractivity contribution in [2.75, 3.05) is 25.2 Å². The molecule has 0 atom stereocenters. The Morgan fingerprint density at radius 1 is 1.24 bits per heavy atom. The summed E-state index contributed by atoms with van der Waals surface area (Å²) >= 11 is 0. The van der Waals surface area contributed by atoms with E-state index in [0.717, 1.165) is 17.0 Å². The van der Waals surface area contributed by atoms with Gasteiger partial charge in [0.15, 0.2) is 0 Å². The summed E-state index contributed by atoms with van der Waals surface area (Å²) in [6.07, 6.45) is 0. The van der Waals surface area contributed by atoms with E-state index in [0.29, 0.717) is 5.82 Å². The molecule has 0 radical (unpaired) electrons. The van der Waals surface area contributed by atoms with E-state index in [-0.39, 0.29) is 5.95 Å². The number of aromatic nitrogens is 2. The number of methoxy groups -OCH3 is 1. The average molecular weight is 230 g/mol. The molecule has 0 saturated carbocycles. The zero-order valence-corrected chi connectivity index (χ0v) is 9.77. The molecule has 2 aromatic rings. The number of para-hydroxylation sites is 1. The first-order chi connectivity index (χ1) is 8.24. The molecule has 0 unspecified atom stereocenters. The molecule has 0 amide bonds. The second-order valence-electron chi connectivity index (χ2n) is 3.45. The molecular formula is C12H14N4O. The summed E-state index contributed by atoms with van der Waals surface area (Å²) in [5.74, 6) is 1.67. The smallest absolute Gasteiger partial charge is 0.222 e. The summed E-state index contributed by atoms with van der Waals surface area (Å²) < 4.78 is 5.29. The molecule has 5 heteroatoms. The maximum absolute atomic E-state index is 5.66. The molecule has 1 aromatic heterocycles. The minimum absolute atomic E-state index is 0.234. The third kappa shape index (κ3) is 2.28.